The Kier molecular flexibility index (Phi) is 4.77. The zero-order valence-corrected chi connectivity index (χ0v) is 18.0. The van der Waals surface area contributed by atoms with Crippen LogP contribution >= 0.6 is 0 Å². The molecule has 2 atom stereocenters. The first-order valence-electron chi connectivity index (χ1n) is 11.2. The largest absolute Gasteiger partial charge is 0.493 e. The third-order valence-corrected chi connectivity index (χ3v) is 6.68. The summed E-state index contributed by atoms with van der Waals surface area (Å²) >= 11 is 0. The molecule has 33 heavy (non-hydrogen) atoms. The fraction of sp³-hybridized carbons (Fsp3) is 0.320. The van der Waals surface area contributed by atoms with Crippen LogP contribution in [0.1, 0.15) is 41.3 Å². The quantitative estimate of drug-likeness (QED) is 0.576. The first-order valence-corrected chi connectivity index (χ1v) is 11.2. The molecule has 6 bridgehead atoms. The van der Waals surface area contributed by atoms with Gasteiger partial charge in [-0.3, -0.25) is 4.79 Å². The van der Waals surface area contributed by atoms with Crippen molar-refractivity contribution in [2.24, 2.45) is 0 Å². The molecule has 1 unspecified atom stereocenters. The van der Waals surface area contributed by atoms with Crippen LogP contribution < -0.4 is 14.8 Å². The Balaban J connectivity index is 1.46. The Labute approximate surface area is 191 Å². The van der Waals surface area contributed by atoms with Gasteiger partial charge < -0.3 is 24.3 Å². The molecule has 3 aliphatic heterocycles. The zero-order valence-electron chi connectivity index (χ0n) is 18.0. The molecule has 0 aliphatic carbocycles. The molecule has 1 amide bonds. The van der Waals surface area contributed by atoms with E-state index in [-0.39, 0.29) is 18.0 Å². The van der Waals surface area contributed by atoms with E-state index < -0.39 is 0 Å². The van der Waals surface area contributed by atoms with Crippen LogP contribution in [-0.2, 0) is 17.9 Å². The Hall–Kier alpha value is -3.83. The van der Waals surface area contributed by atoms with Crippen LogP contribution in [-0.4, -0.2) is 39.6 Å². The van der Waals surface area contributed by atoms with E-state index in [0.717, 1.165) is 35.4 Å². The maximum atomic E-state index is 13.3. The highest BCUT2D eigenvalue weighted by Crippen LogP contribution is 2.41. The van der Waals surface area contributed by atoms with E-state index in [9.17, 15) is 10.1 Å². The second-order valence-electron chi connectivity index (χ2n) is 8.66. The number of hydrogen-bond acceptors (Lipinski definition) is 6. The number of nitrogens with zero attached hydrogens (tertiary/aromatic N) is 4. The van der Waals surface area contributed by atoms with Gasteiger partial charge in [-0.05, 0) is 42.3 Å². The van der Waals surface area contributed by atoms with E-state index in [0.29, 0.717) is 43.3 Å². The van der Waals surface area contributed by atoms with Crippen LogP contribution in [0.2, 0.25) is 0 Å². The lowest BCUT2D eigenvalue weighted by Gasteiger charge is -2.33. The van der Waals surface area contributed by atoms with Crippen molar-refractivity contribution in [2.45, 2.75) is 38.0 Å². The van der Waals surface area contributed by atoms with E-state index in [2.05, 4.69) is 16.4 Å². The number of nitriles is 1. The van der Waals surface area contributed by atoms with Crippen molar-refractivity contribution >= 4 is 5.91 Å². The predicted molar refractivity (Wildman–Crippen MR) is 119 cm³/mol. The van der Waals surface area contributed by atoms with Crippen molar-refractivity contribution in [2.75, 3.05) is 13.2 Å². The lowest BCUT2D eigenvalue weighted by molar-refractivity contribution is -0.132. The summed E-state index contributed by atoms with van der Waals surface area (Å²) in [4.78, 5) is 19.6. The van der Waals surface area contributed by atoms with Crippen molar-refractivity contribution in [3.63, 3.8) is 0 Å². The van der Waals surface area contributed by atoms with Gasteiger partial charge >= 0.3 is 0 Å². The summed E-state index contributed by atoms with van der Waals surface area (Å²) in [5.41, 5.74) is 3.42. The molecule has 1 N–H and O–H groups in total. The highest BCUT2D eigenvalue weighted by molar-refractivity contribution is 5.84. The van der Waals surface area contributed by atoms with E-state index in [1.165, 1.54) is 0 Å². The topological polar surface area (TPSA) is 92.4 Å². The molecule has 6 rings (SSSR count). The second kappa shape index (κ2) is 7.94. The fourth-order valence-corrected chi connectivity index (χ4v) is 4.97. The molecule has 4 heterocycles. The number of carbonyl (C=O) groups is 1. The monoisotopic (exact) mass is 441 g/mol. The molecule has 1 fully saturated rings. The molecule has 1 aromatic heterocycles. The molecular formula is C25H23N5O3. The van der Waals surface area contributed by atoms with Crippen molar-refractivity contribution < 1.29 is 14.3 Å². The van der Waals surface area contributed by atoms with Gasteiger partial charge in [-0.15, -0.1) is 0 Å². The van der Waals surface area contributed by atoms with Gasteiger partial charge in [0.25, 0.3) is 0 Å². The Morgan fingerprint density at radius 1 is 1.15 bits per heavy atom. The van der Waals surface area contributed by atoms with Crippen molar-refractivity contribution in [3.05, 3.63) is 71.3 Å². The van der Waals surface area contributed by atoms with Gasteiger partial charge in [0, 0.05) is 37.8 Å². The number of amides is 1. The zero-order chi connectivity index (χ0) is 22.4. The number of hydrogen-bond donors (Lipinski definition) is 1. The van der Waals surface area contributed by atoms with Crippen LogP contribution in [0.3, 0.4) is 0 Å². The van der Waals surface area contributed by atoms with Crippen molar-refractivity contribution in [3.8, 4) is 23.3 Å². The third kappa shape index (κ3) is 3.51. The molecule has 8 heteroatoms. The summed E-state index contributed by atoms with van der Waals surface area (Å²) in [7, 11) is 0. The molecular weight excluding hydrogens is 418 g/mol. The van der Waals surface area contributed by atoms with Crippen LogP contribution in [0.15, 0.2) is 48.9 Å². The lowest BCUT2D eigenvalue weighted by atomic mass is 9.98. The highest BCUT2D eigenvalue weighted by Gasteiger charge is 2.38. The molecule has 0 saturated carbocycles. The number of fused-ring (bicyclic) bond motifs is 7. The summed E-state index contributed by atoms with van der Waals surface area (Å²) in [5, 5.41) is 13.1. The molecule has 0 spiro atoms. The average Bonchev–Trinajstić information content (AvgIpc) is 3.43. The number of imidazole rings is 1. The number of rotatable bonds is 0. The van der Waals surface area contributed by atoms with Gasteiger partial charge in [-0.25, -0.2) is 4.98 Å². The minimum atomic E-state index is -0.214. The standard InChI is InChI=1S/C25H23N5O3/c26-11-17-2-1-16-9-24(17)33-19-3-4-23-20(10-19)22(6-8-32-23)30-7-5-21(25(30)31)28-13-18-12-27-15-29(18)14-16/h1-4,9-10,12,15,21-22,28H,5-8,13-14H2/t21-,22?/m1/s1. The van der Waals surface area contributed by atoms with Gasteiger partial charge in [0.1, 0.15) is 23.3 Å². The Morgan fingerprint density at radius 3 is 3.00 bits per heavy atom. The van der Waals surface area contributed by atoms with Gasteiger partial charge in [0.15, 0.2) is 0 Å². The average molecular weight is 441 g/mol. The van der Waals surface area contributed by atoms with Gasteiger partial charge in [0.2, 0.25) is 5.91 Å². The lowest BCUT2D eigenvalue weighted by Crippen LogP contribution is -2.40. The molecule has 0 radical (unpaired) electrons. The minimum absolute atomic E-state index is 0.0585. The second-order valence-corrected chi connectivity index (χ2v) is 8.66. The number of aromatic nitrogens is 2. The maximum absolute atomic E-state index is 13.3. The first kappa shape index (κ1) is 19.8. The SMILES string of the molecule is N#Cc1ccc2cc1Oc1ccc3c(c1)C(CCO3)N1CC[C@@H](NCc3cncn3C2)C1=O. The smallest absolute Gasteiger partial charge is 0.240 e. The van der Waals surface area contributed by atoms with Gasteiger partial charge in [-0.1, -0.05) is 6.07 Å². The Morgan fingerprint density at radius 2 is 2.09 bits per heavy atom. The minimum Gasteiger partial charge on any atom is -0.493 e. The predicted octanol–water partition coefficient (Wildman–Crippen LogP) is 3.12. The summed E-state index contributed by atoms with van der Waals surface area (Å²) in [5.74, 6) is 2.03. The maximum Gasteiger partial charge on any atom is 0.240 e. The number of ether oxygens (including phenoxy) is 2. The van der Waals surface area contributed by atoms with E-state index >= 15 is 0 Å². The third-order valence-electron chi connectivity index (χ3n) is 6.68. The van der Waals surface area contributed by atoms with E-state index in [1.807, 2.05) is 46.0 Å². The van der Waals surface area contributed by atoms with Crippen LogP contribution in [0.25, 0.3) is 0 Å². The summed E-state index contributed by atoms with van der Waals surface area (Å²) in [6, 6.07) is 13.3. The van der Waals surface area contributed by atoms with Crippen LogP contribution in [0.4, 0.5) is 0 Å². The number of carbonyl (C=O) groups excluding carboxylic acids is 1. The molecule has 8 nitrogen and oxygen atoms in total. The normalized spacial score (nSPS) is 21.5. The first-order chi connectivity index (χ1) is 16.2. The van der Waals surface area contributed by atoms with Crippen LogP contribution in [0.5, 0.6) is 17.2 Å². The highest BCUT2D eigenvalue weighted by atomic mass is 16.5. The summed E-state index contributed by atoms with van der Waals surface area (Å²) in [6.07, 6.45) is 5.11. The number of nitrogens with one attached hydrogen (secondary N) is 1. The number of benzene rings is 2. The van der Waals surface area contributed by atoms with Crippen molar-refractivity contribution in [1.29, 1.82) is 5.26 Å². The van der Waals surface area contributed by atoms with Gasteiger partial charge in [0.05, 0.1) is 36.3 Å². The van der Waals surface area contributed by atoms with E-state index in [1.54, 1.807) is 12.4 Å². The van der Waals surface area contributed by atoms with Gasteiger partial charge in [-0.2, -0.15) is 5.26 Å². The fourth-order valence-electron chi connectivity index (χ4n) is 4.97. The molecule has 166 valence electrons. The Bertz CT molecular complexity index is 1280. The summed E-state index contributed by atoms with van der Waals surface area (Å²) in [6.45, 7) is 2.41. The molecule has 2 aromatic carbocycles. The summed E-state index contributed by atoms with van der Waals surface area (Å²) < 4.78 is 14.1. The molecule has 3 aliphatic rings. The molecule has 3 aromatic rings. The van der Waals surface area contributed by atoms with Crippen molar-refractivity contribution in [1.82, 2.24) is 19.8 Å². The van der Waals surface area contributed by atoms with Crippen LogP contribution in [0, 0.1) is 11.3 Å². The van der Waals surface area contributed by atoms with E-state index in [4.69, 9.17) is 9.47 Å². The molecule has 1 saturated heterocycles.